The first-order valence-corrected chi connectivity index (χ1v) is 8.94. The molecule has 2 heterocycles. The van der Waals surface area contributed by atoms with Crippen molar-refractivity contribution in [3.8, 4) is 0 Å². The molecule has 1 N–H and O–H groups in total. The fourth-order valence-electron chi connectivity index (χ4n) is 3.68. The molecule has 0 spiro atoms. The van der Waals surface area contributed by atoms with E-state index >= 15 is 0 Å². The molecule has 2 aliphatic rings. The van der Waals surface area contributed by atoms with Gasteiger partial charge < -0.3 is 15.0 Å². The summed E-state index contributed by atoms with van der Waals surface area (Å²) in [5.74, 6) is 0. The molecule has 2 aliphatic heterocycles. The molecule has 21 heavy (non-hydrogen) atoms. The monoisotopic (exact) mass is 297 g/mol. The van der Waals surface area contributed by atoms with Crippen LogP contribution in [0.4, 0.5) is 0 Å². The zero-order chi connectivity index (χ0) is 15.1. The van der Waals surface area contributed by atoms with Crippen LogP contribution in [0, 0.1) is 5.41 Å². The molecule has 0 aliphatic carbocycles. The summed E-state index contributed by atoms with van der Waals surface area (Å²) >= 11 is 0. The molecule has 0 aromatic heterocycles. The van der Waals surface area contributed by atoms with E-state index in [1.807, 2.05) is 0 Å². The molecule has 2 rings (SSSR count). The Labute approximate surface area is 131 Å². The number of hydrogen-bond donors (Lipinski definition) is 1. The molecule has 1 atom stereocenters. The van der Waals surface area contributed by atoms with E-state index in [0.717, 1.165) is 32.3 Å². The first-order valence-electron chi connectivity index (χ1n) is 8.94. The Hall–Kier alpha value is -0.160. The van der Waals surface area contributed by atoms with Crippen molar-refractivity contribution < 1.29 is 4.74 Å². The fraction of sp³-hybridized carbons (Fsp3) is 1.00. The number of nitrogens with one attached hydrogen (secondary N) is 1. The summed E-state index contributed by atoms with van der Waals surface area (Å²) in [5, 5.41) is 3.59. The van der Waals surface area contributed by atoms with Crippen molar-refractivity contribution in [1.82, 2.24) is 15.1 Å². The van der Waals surface area contributed by atoms with Crippen molar-refractivity contribution in [1.29, 1.82) is 0 Å². The van der Waals surface area contributed by atoms with E-state index in [2.05, 4.69) is 35.9 Å². The smallest absolute Gasteiger partial charge is 0.0472 e. The summed E-state index contributed by atoms with van der Waals surface area (Å²) < 4.78 is 5.60. The van der Waals surface area contributed by atoms with Crippen LogP contribution in [0.15, 0.2) is 0 Å². The SMILES string of the molecule is CCNCC1(CN2CCN(C(C)CC)CC2)CCOCC1. The topological polar surface area (TPSA) is 27.7 Å². The molecule has 0 radical (unpaired) electrons. The Morgan fingerprint density at radius 2 is 1.76 bits per heavy atom. The minimum Gasteiger partial charge on any atom is -0.381 e. The van der Waals surface area contributed by atoms with E-state index < -0.39 is 0 Å². The minimum absolute atomic E-state index is 0.437. The van der Waals surface area contributed by atoms with Gasteiger partial charge in [0.1, 0.15) is 0 Å². The first kappa shape index (κ1) is 17.2. The van der Waals surface area contributed by atoms with E-state index in [-0.39, 0.29) is 0 Å². The standard InChI is InChI=1S/C17H35N3O/c1-4-16(3)20-10-8-19(9-11-20)15-17(14-18-5-2)6-12-21-13-7-17/h16,18H,4-15H2,1-3H3. The molecule has 2 saturated heterocycles. The van der Waals surface area contributed by atoms with Gasteiger partial charge >= 0.3 is 0 Å². The van der Waals surface area contributed by atoms with E-state index in [9.17, 15) is 0 Å². The summed E-state index contributed by atoms with van der Waals surface area (Å²) in [6, 6.07) is 0.742. The molecule has 1 unspecified atom stereocenters. The Kier molecular flexibility index (Phi) is 6.93. The van der Waals surface area contributed by atoms with Gasteiger partial charge in [-0.15, -0.1) is 0 Å². The van der Waals surface area contributed by atoms with Gasteiger partial charge in [0.25, 0.3) is 0 Å². The van der Waals surface area contributed by atoms with Crippen LogP contribution >= 0.6 is 0 Å². The van der Waals surface area contributed by atoms with Crippen molar-refractivity contribution >= 4 is 0 Å². The highest BCUT2D eigenvalue weighted by Gasteiger charge is 2.35. The van der Waals surface area contributed by atoms with Gasteiger partial charge in [-0.25, -0.2) is 0 Å². The Morgan fingerprint density at radius 3 is 2.33 bits per heavy atom. The van der Waals surface area contributed by atoms with Gasteiger partial charge in [0.2, 0.25) is 0 Å². The van der Waals surface area contributed by atoms with Crippen LogP contribution in [0.25, 0.3) is 0 Å². The number of piperazine rings is 1. The molecule has 4 nitrogen and oxygen atoms in total. The zero-order valence-corrected chi connectivity index (χ0v) is 14.4. The van der Waals surface area contributed by atoms with Gasteiger partial charge in [0, 0.05) is 58.5 Å². The Bertz CT molecular complexity index is 284. The third-order valence-corrected chi connectivity index (χ3v) is 5.48. The molecule has 4 heteroatoms. The van der Waals surface area contributed by atoms with Gasteiger partial charge in [0.05, 0.1) is 0 Å². The second-order valence-electron chi connectivity index (χ2n) is 6.96. The third kappa shape index (κ3) is 4.92. The van der Waals surface area contributed by atoms with Crippen LogP contribution in [0.5, 0.6) is 0 Å². The van der Waals surface area contributed by atoms with E-state index in [0.29, 0.717) is 5.41 Å². The number of nitrogens with zero attached hydrogens (tertiary/aromatic N) is 2. The van der Waals surface area contributed by atoms with Crippen LogP contribution < -0.4 is 5.32 Å². The van der Waals surface area contributed by atoms with Gasteiger partial charge in [-0.3, -0.25) is 4.90 Å². The Balaban J connectivity index is 1.84. The lowest BCUT2D eigenvalue weighted by molar-refractivity contribution is -0.0146. The lowest BCUT2D eigenvalue weighted by Gasteiger charge is -2.44. The number of ether oxygens (including phenoxy) is 1. The van der Waals surface area contributed by atoms with Crippen LogP contribution in [-0.4, -0.2) is 74.9 Å². The van der Waals surface area contributed by atoms with Crippen molar-refractivity contribution in [3.63, 3.8) is 0 Å². The van der Waals surface area contributed by atoms with E-state index in [4.69, 9.17) is 4.74 Å². The number of hydrogen-bond acceptors (Lipinski definition) is 4. The van der Waals surface area contributed by atoms with Gasteiger partial charge in [-0.1, -0.05) is 13.8 Å². The van der Waals surface area contributed by atoms with Crippen molar-refractivity contribution in [2.75, 3.05) is 59.0 Å². The second kappa shape index (κ2) is 8.47. The molecule has 0 saturated carbocycles. The average molecular weight is 297 g/mol. The molecule has 0 bridgehead atoms. The van der Waals surface area contributed by atoms with E-state index in [1.165, 1.54) is 52.0 Å². The normalized spacial score (nSPS) is 25.9. The first-order chi connectivity index (χ1) is 10.2. The quantitative estimate of drug-likeness (QED) is 0.776. The maximum absolute atomic E-state index is 5.60. The summed E-state index contributed by atoms with van der Waals surface area (Å²) in [4.78, 5) is 5.35. The molecule has 124 valence electrons. The van der Waals surface area contributed by atoms with Crippen LogP contribution in [-0.2, 0) is 4.74 Å². The third-order valence-electron chi connectivity index (χ3n) is 5.48. The highest BCUT2D eigenvalue weighted by molar-refractivity contribution is 4.89. The van der Waals surface area contributed by atoms with Gasteiger partial charge in [0.15, 0.2) is 0 Å². The van der Waals surface area contributed by atoms with E-state index in [1.54, 1.807) is 0 Å². The maximum Gasteiger partial charge on any atom is 0.0472 e. The molecule has 0 aromatic rings. The minimum atomic E-state index is 0.437. The number of rotatable bonds is 7. The van der Waals surface area contributed by atoms with Crippen LogP contribution in [0.2, 0.25) is 0 Å². The van der Waals surface area contributed by atoms with Crippen molar-refractivity contribution in [2.45, 2.75) is 46.1 Å². The van der Waals surface area contributed by atoms with Gasteiger partial charge in [-0.05, 0) is 38.1 Å². The summed E-state index contributed by atoms with van der Waals surface area (Å²) in [6.07, 6.45) is 3.69. The summed E-state index contributed by atoms with van der Waals surface area (Å²) in [6.45, 7) is 17.2. The average Bonchev–Trinajstić information content (AvgIpc) is 2.54. The Morgan fingerprint density at radius 1 is 1.10 bits per heavy atom. The lowest BCUT2D eigenvalue weighted by Crippen LogP contribution is -2.54. The van der Waals surface area contributed by atoms with Gasteiger partial charge in [-0.2, -0.15) is 0 Å². The largest absolute Gasteiger partial charge is 0.381 e. The van der Waals surface area contributed by atoms with Crippen molar-refractivity contribution in [2.24, 2.45) is 5.41 Å². The maximum atomic E-state index is 5.60. The zero-order valence-electron chi connectivity index (χ0n) is 14.4. The summed E-state index contributed by atoms with van der Waals surface area (Å²) in [7, 11) is 0. The molecule has 0 amide bonds. The molecule has 2 fully saturated rings. The van der Waals surface area contributed by atoms with Crippen LogP contribution in [0.3, 0.4) is 0 Å². The summed E-state index contributed by atoms with van der Waals surface area (Å²) in [5.41, 5.74) is 0.437. The predicted octanol–water partition coefficient (Wildman–Crippen LogP) is 1.81. The highest BCUT2D eigenvalue weighted by Crippen LogP contribution is 2.31. The predicted molar refractivity (Wildman–Crippen MR) is 88.8 cm³/mol. The molecule has 0 aromatic carbocycles. The second-order valence-corrected chi connectivity index (χ2v) is 6.96. The fourth-order valence-corrected chi connectivity index (χ4v) is 3.68. The van der Waals surface area contributed by atoms with Crippen molar-refractivity contribution in [3.05, 3.63) is 0 Å². The highest BCUT2D eigenvalue weighted by atomic mass is 16.5. The lowest BCUT2D eigenvalue weighted by atomic mass is 9.79. The molecular weight excluding hydrogens is 262 g/mol. The van der Waals surface area contributed by atoms with Crippen LogP contribution in [0.1, 0.15) is 40.0 Å². The molecular formula is C17H35N3O.